The minimum absolute atomic E-state index is 0.122. The van der Waals surface area contributed by atoms with E-state index in [1.54, 1.807) is 0 Å². The number of likely N-dealkylation sites (tertiary alicyclic amines) is 2. The van der Waals surface area contributed by atoms with Crippen LogP contribution >= 0.6 is 0 Å². The minimum atomic E-state index is -0.122. The van der Waals surface area contributed by atoms with E-state index < -0.39 is 0 Å². The smallest absolute Gasteiger partial charge is 0.225 e. The minimum Gasteiger partial charge on any atom is -0.396 e. The van der Waals surface area contributed by atoms with Gasteiger partial charge < -0.3 is 10.0 Å². The van der Waals surface area contributed by atoms with Crippen molar-refractivity contribution < 1.29 is 9.90 Å². The standard InChI is InChI=1S/C21H30N2O2/c1-15-3-4-17(9-16(15)2)10-22-8-7-19-11-23(20(25)18-5-6-18)13-21(19,12-22)14-24/h3-4,9,18-19,24H,5-8,10-14H2,1-2H3. The van der Waals surface area contributed by atoms with Gasteiger partial charge in [-0.15, -0.1) is 0 Å². The van der Waals surface area contributed by atoms with Gasteiger partial charge in [-0.2, -0.15) is 0 Å². The molecule has 1 aliphatic carbocycles. The molecule has 0 radical (unpaired) electrons. The van der Waals surface area contributed by atoms with Crippen molar-refractivity contribution in [3.8, 4) is 0 Å². The molecule has 1 aromatic carbocycles. The zero-order valence-corrected chi connectivity index (χ0v) is 15.5. The fourth-order valence-corrected chi connectivity index (χ4v) is 4.75. The van der Waals surface area contributed by atoms with Crippen molar-refractivity contribution in [3.05, 3.63) is 34.9 Å². The molecule has 1 saturated carbocycles. The molecule has 0 bridgehead atoms. The summed E-state index contributed by atoms with van der Waals surface area (Å²) in [7, 11) is 0. The Hall–Kier alpha value is -1.39. The number of hydrogen-bond donors (Lipinski definition) is 1. The average Bonchev–Trinajstić information content (AvgIpc) is 3.38. The quantitative estimate of drug-likeness (QED) is 0.913. The number of piperidine rings is 1. The molecule has 0 aromatic heterocycles. The molecule has 1 N–H and O–H groups in total. The van der Waals surface area contributed by atoms with Crippen molar-refractivity contribution >= 4 is 5.91 Å². The van der Waals surface area contributed by atoms with E-state index in [1.807, 2.05) is 0 Å². The van der Waals surface area contributed by atoms with Gasteiger partial charge in [-0.25, -0.2) is 0 Å². The number of carbonyl (C=O) groups is 1. The summed E-state index contributed by atoms with van der Waals surface area (Å²) in [6, 6.07) is 6.70. The Morgan fingerprint density at radius 3 is 2.68 bits per heavy atom. The topological polar surface area (TPSA) is 43.8 Å². The molecule has 1 amide bonds. The van der Waals surface area contributed by atoms with Gasteiger partial charge in [0.25, 0.3) is 0 Å². The van der Waals surface area contributed by atoms with E-state index in [4.69, 9.17) is 0 Å². The number of aliphatic hydroxyl groups is 1. The number of aryl methyl sites for hydroxylation is 2. The van der Waals surface area contributed by atoms with Crippen LogP contribution in [0, 0.1) is 31.1 Å². The molecule has 136 valence electrons. The largest absolute Gasteiger partial charge is 0.396 e. The summed E-state index contributed by atoms with van der Waals surface area (Å²) in [5.74, 6) is 1.07. The van der Waals surface area contributed by atoms with Gasteiger partial charge in [0.15, 0.2) is 0 Å². The zero-order valence-electron chi connectivity index (χ0n) is 15.5. The number of amides is 1. The lowest BCUT2D eigenvalue weighted by Gasteiger charge is -2.43. The number of benzene rings is 1. The van der Waals surface area contributed by atoms with Gasteiger partial charge in [0.1, 0.15) is 0 Å². The lowest BCUT2D eigenvalue weighted by atomic mass is 9.74. The normalized spacial score (nSPS) is 29.7. The zero-order chi connectivity index (χ0) is 17.6. The molecule has 4 rings (SSSR count). The summed E-state index contributed by atoms with van der Waals surface area (Å²) in [5.41, 5.74) is 3.90. The highest BCUT2D eigenvalue weighted by Crippen LogP contribution is 2.44. The van der Waals surface area contributed by atoms with Crippen LogP contribution in [0.5, 0.6) is 0 Å². The summed E-state index contributed by atoms with van der Waals surface area (Å²) in [5, 5.41) is 10.2. The number of rotatable bonds is 4. The first-order chi connectivity index (χ1) is 12.0. The highest BCUT2D eigenvalue weighted by Gasteiger charge is 2.51. The van der Waals surface area contributed by atoms with E-state index in [2.05, 4.69) is 41.8 Å². The highest BCUT2D eigenvalue weighted by molar-refractivity contribution is 5.81. The summed E-state index contributed by atoms with van der Waals surface area (Å²) >= 11 is 0. The van der Waals surface area contributed by atoms with Gasteiger partial charge in [-0.1, -0.05) is 18.2 Å². The second-order valence-electron chi connectivity index (χ2n) is 8.63. The molecule has 3 fully saturated rings. The number of carbonyl (C=O) groups excluding carboxylic acids is 1. The van der Waals surface area contributed by atoms with E-state index in [0.717, 1.165) is 52.0 Å². The van der Waals surface area contributed by atoms with Crippen LogP contribution in [0.2, 0.25) is 0 Å². The van der Waals surface area contributed by atoms with E-state index >= 15 is 0 Å². The molecule has 2 saturated heterocycles. The first kappa shape index (κ1) is 17.0. The van der Waals surface area contributed by atoms with Gasteiger partial charge in [0.2, 0.25) is 5.91 Å². The van der Waals surface area contributed by atoms with Gasteiger partial charge in [0, 0.05) is 37.5 Å². The number of fused-ring (bicyclic) bond motifs is 1. The fourth-order valence-electron chi connectivity index (χ4n) is 4.75. The molecule has 2 heterocycles. The molecule has 2 unspecified atom stereocenters. The van der Waals surface area contributed by atoms with Crippen LogP contribution in [0.3, 0.4) is 0 Å². The monoisotopic (exact) mass is 342 g/mol. The van der Waals surface area contributed by atoms with Crippen LogP contribution in [0.1, 0.15) is 36.0 Å². The number of aliphatic hydroxyl groups excluding tert-OH is 1. The van der Waals surface area contributed by atoms with Crippen LogP contribution in [0.4, 0.5) is 0 Å². The lowest BCUT2D eigenvalue weighted by Crippen LogP contribution is -2.50. The average molecular weight is 342 g/mol. The molecule has 3 aliphatic rings. The molecule has 4 heteroatoms. The summed E-state index contributed by atoms with van der Waals surface area (Å²) in [6.45, 7) is 9.00. The Labute approximate surface area is 150 Å². The lowest BCUT2D eigenvalue weighted by molar-refractivity contribution is -0.132. The third kappa shape index (κ3) is 3.22. The molecular formula is C21H30N2O2. The molecule has 4 nitrogen and oxygen atoms in total. The molecule has 2 aliphatic heterocycles. The van der Waals surface area contributed by atoms with Gasteiger partial charge in [-0.3, -0.25) is 9.69 Å². The second-order valence-corrected chi connectivity index (χ2v) is 8.63. The highest BCUT2D eigenvalue weighted by atomic mass is 16.3. The van der Waals surface area contributed by atoms with Crippen molar-refractivity contribution in [2.24, 2.45) is 17.3 Å². The predicted molar refractivity (Wildman–Crippen MR) is 98.1 cm³/mol. The van der Waals surface area contributed by atoms with Crippen LogP contribution in [0.25, 0.3) is 0 Å². The Balaban J connectivity index is 1.45. The molecule has 1 aromatic rings. The summed E-state index contributed by atoms with van der Waals surface area (Å²) in [6.07, 6.45) is 3.20. The van der Waals surface area contributed by atoms with Crippen molar-refractivity contribution in [1.29, 1.82) is 0 Å². The fraction of sp³-hybridized carbons (Fsp3) is 0.667. The molecule has 25 heavy (non-hydrogen) atoms. The van der Waals surface area contributed by atoms with Crippen molar-refractivity contribution in [3.63, 3.8) is 0 Å². The van der Waals surface area contributed by atoms with Crippen molar-refractivity contribution in [2.75, 3.05) is 32.8 Å². The van der Waals surface area contributed by atoms with E-state index in [9.17, 15) is 9.90 Å². The van der Waals surface area contributed by atoms with Crippen molar-refractivity contribution in [1.82, 2.24) is 9.80 Å². The van der Waals surface area contributed by atoms with E-state index in [1.165, 1.54) is 16.7 Å². The SMILES string of the molecule is Cc1ccc(CN2CCC3CN(C(=O)C4CC4)CC3(CO)C2)cc1C. The van der Waals surface area contributed by atoms with Crippen LogP contribution in [-0.2, 0) is 11.3 Å². The Morgan fingerprint density at radius 1 is 1.20 bits per heavy atom. The summed E-state index contributed by atoms with van der Waals surface area (Å²) < 4.78 is 0. The first-order valence-corrected chi connectivity index (χ1v) is 9.69. The van der Waals surface area contributed by atoms with Gasteiger partial charge in [-0.05, 0) is 62.3 Å². The Kier molecular flexibility index (Phi) is 4.37. The Bertz CT molecular complexity index is 670. The van der Waals surface area contributed by atoms with Crippen LogP contribution < -0.4 is 0 Å². The first-order valence-electron chi connectivity index (χ1n) is 9.69. The van der Waals surface area contributed by atoms with Gasteiger partial charge >= 0.3 is 0 Å². The Morgan fingerprint density at radius 2 is 2.00 bits per heavy atom. The maximum Gasteiger partial charge on any atom is 0.225 e. The third-order valence-corrected chi connectivity index (χ3v) is 6.68. The van der Waals surface area contributed by atoms with Crippen LogP contribution in [0.15, 0.2) is 18.2 Å². The number of hydrogen-bond acceptors (Lipinski definition) is 3. The predicted octanol–water partition coefficient (Wildman–Crippen LogP) is 2.36. The van der Waals surface area contributed by atoms with Crippen molar-refractivity contribution in [2.45, 2.75) is 39.7 Å². The third-order valence-electron chi connectivity index (χ3n) is 6.68. The maximum atomic E-state index is 12.5. The van der Waals surface area contributed by atoms with Gasteiger partial charge in [0.05, 0.1) is 6.61 Å². The molecule has 2 atom stereocenters. The molecular weight excluding hydrogens is 312 g/mol. The summed E-state index contributed by atoms with van der Waals surface area (Å²) in [4.78, 5) is 17.0. The maximum absolute atomic E-state index is 12.5. The molecule has 0 spiro atoms. The van der Waals surface area contributed by atoms with Crippen LogP contribution in [-0.4, -0.2) is 53.6 Å². The second kappa shape index (κ2) is 6.40. The number of nitrogens with zero attached hydrogens (tertiary/aromatic N) is 2. The van der Waals surface area contributed by atoms with E-state index in [0.29, 0.717) is 11.8 Å². The van der Waals surface area contributed by atoms with E-state index in [-0.39, 0.29) is 17.9 Å².